The Morgan fingerprint density at radius 1 is 1.57 bits per heavy atom. The third-order valence-electron chi connectivity index (χ3n) is 2.74. The summed E-state index contributed by atoms with van der Waals surface area (Å²) < 4.78 is 5.53. The maximum Gasteiger partial charge on any atom is 0.140 e. The molecular weight excluding hydrogens is 178 g/mol. The molecule has 1 aromatic rings. The van der Waals surface area contributed by atoms with Gasteiger partial charge in [0.15, 0.2) is 0 Å². The first-order chi connectivity index (χ1) is 6.70. The van der Waals surface area contributed by atoms with E-state index in [9.17, 15) is 5.11 Å². The molecule has 0 radical (unpaired) electrons. The van der Waals surface area contributed by atoms with Crippen molar-refractivity contribution < 1.29 is 9.84 Å². The van der Waals surface area contributed by atoms with Gasteiger partial charge in [0.2, 0.25) is 0 Å². The molecule has 1 saturated carbocycles. The Bertz CT molecular complexity index is 321. The maximum atomic E-state index is 9.82. The van der Waals surface area contributed by atoms with E-state index in [-0.39, 0.29) is 0 Å². The van der Waals surface area contributed by atoms with E-state index in [0.717, 1.165) is 30.7 Å². The smallest absolute Gasteiger partial charge is 0.140 e. The van der Waals surface area contributed by atoms with E-state index in [4.69, 9.17) is 4.74 Å². The Kier molecular flexibility index (Phi) is 2.42. The predicted molar refractivity (Wildman–Crippen MR) is 53.3 cm³/mol. The van der Waals surface area contributed by atoms with Gasteiger partial charge in [0.05, 0.1) is 11.3 Å². The molecule has 0 saturated heterocycles. The van der Waals surface area contributed by atoms with Crippen molar-refractivity contribution in [3.8, 4) is 5.75 Å². The molecule has 3 nitrogen and oxygen atoms in total. The normalized spacial score (nSPS) is 18.7. The first-order valence-electron chi connectivity index (χ1n) is 4.96. The lowest BCUT2D eigenvalue weighted by Crippen LogP contribution is -2.42. The van der Waals surface area contributed by atoms with Crippen LogP contribution in [-0.4, -0.2) is 22.3 Å². The van der Waals surface area contributed by atoms with Crippen LogP contribution < -0.4 is 4.74 Å². The van der Waals surface area contributed by atoms with Crippen molar-refractivity contribution in [1.29, 1.82) is 0 Å². The summed E-state index contributed by atoms with van der Waals surface area (Å²) in [5.41, 5.74) is 0.290. The van der Waals surface area contributed by atoms with E-state index >= 15 is 0 Å². The van der Waals surface area contributed by atoms with Gasteiger partial charge in [0, 0.05) is 6.20 Å². The second kappa shape index (κ2) is 3.58. The van der Waals surface area contributed by atoms with Gasteiger partial charge >= 0.3 is 0 Å². The van der Waals surface area contributed by atoms with E-state index in [2.05, 4.69) is 4.98 Å². The van der Waals surface area contributed by atoms with Crippen molar-refractivity contribution in [2.24, 2.45) is 0 Å². The summed E-state index contributed by atoms with van der Waals surface area (Å²) >= 11 is 0. The topological polar surface area (TPSA) is 42.4 Å². The maximum absolute atomic E-state index is 9.82. The summed E-state index contributed by atoms with van der Waals surface area (Å²) in [7, 11) is 0. The van der Waals surface area contributed by atoms with E-state index < -0.39 is 5.60 Å². The number of hydrogen-bond acceptors (Lipinski definition) is 3. The lowest BCUT2D eigenvalue weighted by molar-refractivity contribution is -0.0665. The monoisotopic (exact) mass is 193 g/mol. The molecule has 1 aromatic heterocycles. The number of nitrogens with zero attached hydrogens (tertiary/aromatic N) is 1. The Balaban J connectivity index is 1.95. The molecule has 0 amide bonds. The number of aryl methyl sites for hydroxylation is 1. The van der Waals surface area contributed by atoms with Gasteiger partial charge in [-0.15, -0.1) is 0 Å². The molecule has 14 heavy (non-hydrogen) atoms. The van der Waals surface area contributed by atoms with E-state index in [1.54, 1.807) is 6.20 Å². The van der Waals surface area contributed by atoms with Crippen LogP contribution in [0.1, 0.15) is 25.0 Å². The first kappa shape index (κ1) is 9.46. The molecule has 1 aliphatic carbocycles. The van der Waals surface area contributed by atoms with Crippen LogP contribution in [0.4, 0.5) is 0 Å². The quantitative estimate of drug-likeness (QED) is 0.794. The summed E-state index contributed by atoms with van der Waals surface area (Å²) in [6.45, 7) is 2.29. The van der Waals surface area contributed by atoms with Crippen LogP contribution >= 0.6 is 0 Å². The number of ether oxygens (including phenoxy) is 1. The van der Waals surface area contributed by atoms with Crippen molar-refractivity contribution in [2.75, 3.05) is 6.61 Å². The molecule has 1 heterocycles. The van der Waals surface area contributed by atoms with Crippen LogP contribution in [0.3, 0.4) is 0 Å². The minimum atomic E-state index is -0.581. The molecule has 1 N–H and O–H groups in total. The zero-order valence-electron chi connectivity index (χ0n) is 8.36. The molecule has 76 valence electrons. The van der Waals surface area contributed by atoms with Crippen molar-refractivity contribution in [3.63, 3.8) is 0 Å². The average molecular weight is 193 g/mol. The first-order valence-corrected chi connectivity index (χ1v) is 4.96. The minimum Gasteiger partial charge on any atom is -0.489 e. The van der Waals surface area contributed by atoms with Crippen LogP contribution in [0, 0.1) is 6.92 Å². The van der Waals surface area contributed by atoms with E-state index in [1.165, 1.54) is 0 Å². The molecule has 0 atom stereocenters. The summed E-state index contributed by atoms with van der Waals surface area (Å²) in [5, 5.41) is 9.82. The summed E-state index contributed by atoms with van der Waals surface area (Å²) in [5.74, 6) is 0.771. The summed E-state index contributed by atoms with van der Waals surface area (Å²) in [6, 6.07) is 3.72. The van der Waals surface area contributed by atoms with Gasteiger partial charge in [0.25, 0.3) is 0 Å². The lowest BCUT2D eigenvalue weighted by atomic mass is 9.81. The molecule has 0 spiro atoms. The number of rotatable bonds is 3. The second-order valence-corrected chi connectivity index (χ2v) is 3.95. The van der Waals surface area contributed by atoms with Crippen molar-refractivity contribution in [3.05, 3.63) is 24.0 Å². The standard InChI is InChI=1S/C11H15NO2/c1-9-10(4-2-7-12-9)14-8-11(13)5-3-6-11/h2,4,7,13H,3,5-6,8H2,1H3. The molecule has 2 rings (SSSR count). The highest BCUT2D eigenvalue weighted by atomic mass is 16.5. The van der Waals surface area contributed by atoms with Gasteiger partial charge < -0.3 is 9.84 Å². The van der Waals surface area contributed by atoms with Gasteiger partial charge in [-0.25, -0.2) is 0 Å². The average Bonchev–Trinajstić information content (AvgIpc) is 2.14. The number of hydrogen-bond donors (Lipinski definition) is 1. The fourth-order valence-corrected chi connectivity index (χ4v) is 1.56. The van der Waals surface area contributed by atoms with Gasteiger partial charge in [0.1, 0.15) is 12.4 Å². The third-order valence-corrected chi connectivity index (χ3v) is 2.74. The van der Waals surface area contributed by atoms with E-state index in [0.29, 0.717) is 6.61 Å². The van der Waals surface area contributed by atoms with Gasteiger partial charge in [-0.2, -0.15) is 0 Å². The van der Waals surface area contributed by atoms with E-state index in [1.807, 2.05) is 19.1 Å². The number of pyridine rings is 1. The molecule has 3 heteroatoms. The summed E-state index contributed by atoms with van der Waals surface area (Å²) in [6.07, 6.45) is 4.55. The Hall–Kier alpha value is -1.09. The van der Waals surface area contributed by atoms with Gasteiger partial charge in [-0.05, 0) is 38.3 Å². The SMILES string of the molecule is Cc1ncccc1OCC1(O)CCC1. The minimum absolute atomic E-state index is 0.388. The number of aliphatic hydroxyl groups is 1. The van der Waals surface area contributed by atoms with Crippen LogP contribution in [0.5, 0.6) is 5.75 Å². The molecule has 0 aromatic carbocycles. The number of aromatic nitrogens is 1. The molecular formula is C11H15NO2. The van der Waals surface area contributed by atoms with Gasteiger partial charge in [-0.3, -0.25) is 4.98 Å². The Labute approximate surface area is 83.7 Å². The van der Waals surface area contributed by atoms with Crippen LogP contribution in [0.15, 0.2) is 18.3 Å². The zero-order valence-corrected chi connectivity index (χ0v) is 8.36. The van der Waals surface area contributed by atoms with Crippen LogP contribution in [0.2, 0.25) is 0 Å². The Morgan fingerprint density at radius 2 is 2.36 bits per heavy atom. The third kappa shape index (κ3) is 1.87. The van der Waals surface area contributed by atoms with Crippen LogP contribution in [0.25, 0.3) is 0 Å². The highest BCUT2D eigenvalue weighted by molar-refractivity contribution is 5.25. The van der Waals surface area contributed by atoms with Crippen molar-refractivity contribution in [2.45, 2.75) is 31.8 Å². The molecule has 1 aliphatic rings. The van der Waals surface area contributed by atoms with Crippen molar-refractivity contribution in [1.82, 2.24) is 4.98 Å². The molecule has 0 unspecified atom stereocenters. The zero-order chi connectivity index (χ0) is 10.0. The second-order valence-electron chi connectivity index (χ2n) is 3.95. The van der Waals surface area contributed by atoms with Crippen LogP contribution in [-0.2, 0) is 0 Å². The fraction of sp³-hybridized carbons (Fsp3) is 0.545. The highest BCUT2D eigenvalue weighted by Gasteiger charge is 2.35. The predicted octanol–water partition coefficient (Wildman–Crippen LogP) is 1.68. The molecule has 0 aliphatic heterocycles. The van der Waals surface area contributed by atoms with Crippen molar-refractivity contribution >= 4 is 0 Å². The fourth-order valence-electron chi connectivity index (χ4n) is 1.56. The summed E-state index contributed by atoms with van der Waals surface area (Å²) in [4.78, 5) is 4.12. The largest absolute Gasteiger partial charge is 0.489 e. The van der Waals surface area contributed by atoms with Gasteiger partial charge in [-0.1, -0.05) is 0 Å². The Morgan fingerprint density at radius 3 is 2.93 bits per heavy atom. The molecule has 0 bridgehead atoms. The highest BCUT2D eigenvalue weighted by Crippen LogP contribution is 2.32. The molecule has 1 fully saturated rings. The lowest BCUT2D eigenvalue weighted by Gasteiger charge is -2.36.